The fourth-order valence-electron chi connectivity index (χ4n) is 3.13. The first-order valence-electron chi connectivity index (χ1n) is 9.45. The van der Waals surface area contributed by atoms with Gasteiger partial charge in [0.15, 0.2) is 0 Å². The first-order chi connectivity index (χ1) is 13.8. The largest absolute Gasteiger partial charge is 0.547 e. The van der Waals surface area contributed by atoms with Gasteiger partial charge in [-0.1, -0.05) is 31.2 Å². The van der Waals surface area contributed by atoms with Crippen LogP contribution in [-0.4, -0.2) is 62.6 Å². The third kappa shape index (κ3) is 5.33. The molecule has 3 rings (SSSR count). The van der Waals surface area contributed by atoms with Gasteiger partial charge in [0.2, 0.25) is 5.91 Å². The number of aromatic nitrogens is 3. The summed E-state index contributed by atoms with van der Waals surface area (Å²) in [4.78, 5) is 23.6. The quantitative estimate of drug-likeness (QED) is 0.441. The molecule has 4 N–H and O–H groups in total. The number of hydrogen-bond acceptors (Lipinski definition) is 7. The van der Waals surface area contributed by atoms with E-state index < -0.39 is 19.0 Å². The summed E-state index contributed by atoms with van der Waals surface area (Å²) in [6.45, 7) is 4.85. The lowest BCUT2D eigenvalue weighted by Crippen LogP contribution is -2.53. The number of carboxylic acid groups (broad SMARTS) is 1. The van der Waals surface area contributed by atoms with Gasteiger partial charge in [0, 0.05) is 25.2 Å². The Morgan fingerprint density at radius 1 is 1.41 bits per heavy atom. The van der Waals surface area contributed by atoms with Crippen molar-refractivity contribution in [1.29, 1.82) is 0 Å². The summed E-state index contributed by atoms with van der Waals surface area (Å²) in [6.07, 6.45) is 2.67. The zero-order valence-corrected chi connectivity index (χ0v) is 16.3. The van der Waals surface area contributed by atoms with Gasteiger partial charge < -0.3 is 25.4 Å². The SMILES string of the molecule is CC(C)NCCc1cn(CC(=O)N[C@H]2Cc3cccc(C(=O)O)c3OB2O)nn1. The molecule has 0 unspecified atom stereocenters. The van der Waals surface area contributed by atoms with Gasteiger partial charge in [-0.3, -0.25) is 4.79 Å². The predicted octanol–water partition coefficient (Wildman–Crippen LogP) is -0.344. The average molecular weight is 401 g/mol. The summed E-state index contributed by atoms with van der Waals surface area (Å²) in [5.74, 6) is -2.06. The highest BCUT2D eigenvalue weighted by Gasteiger charge is 2.37. The number of amides is 1. The van der Waals surface area contributed by atoms with Crippen molar-refractivity contribution in [3.63, 3.8) is 0 Å². The van der Waals surface area contributed by atoms with Gasteiger partial charge in [0.25, 0.3) is 0 Å². The number of nitrogens with one attached hydrogen (secondary N) is 2. The Hall–Kier alpha value is -2.92. The molecule has 0 bridgehead atoms. The van der Waals surface area contributed by atoms with Gasteiger partial charge in [-0.25, -0.2) is 9.48 Å². The van der Waals surface area contributed by atoms with Gasteiger partial charge in [0.1, 0.15) is 12.3 Å². The van der Waals surface area contributed by atoms with Gasteiger partial charge in [-0.2, -0.15) is 0 Å². The molecule has 10 nitrogen and oxygen atoms in total. The van der Waals surface area contributed by atoms with Crippen LogP contribution >= 0.6 is 0 Å². The molecule has 2 aromatic rings. The summed E-state index contributed by atoms with van der Waals surface area (Å²) in [5.41, 5.74) is 1.37. The third-order valence-corrected chi connectivity index (χ3v) is 4.52. The molecule has 1 aliphatic rings. The Labute approximate surface area is 168 Å². The summed E-state index contributed by atoms with van der Waals surface area (Å²) in [7, 11) is -1.35. The van der Waals surface area contributed by atoms with Crippen LogP contribution in [0.1, 0.15) is 35.5 Å². The maximum absolute atomic E-state index is 12.4. The first kappa shape index (κ1) is 20.8. The number of hydrogen-bond donors (Lipinski definition) is 4. The van der Waals surface area contributed by atoms with Crippen molar-refractivity contribution >= 4 is 19.0 Å². The lowest BCUT2D eigenvalue weighted by molar-refractivity contribution is -0.122. The molecule has 1 atom stereocenters. The van der Waals surface area contributed by atoms with E-state index in [1.54, 1.807) is 18.3 Å². The van der Waals surface area contributed by atoms with Crippen LogP contribution in [0.3, 0.4) is 0 Å². The van der Waals surface area contributed by atoms with Crippen LogP contribution in [0, 0.1) is 0 Å². The van der Waals surface area contributed by atoms with Crippen molar-refractivity contribution in [3.05, 3.63) is 41.2 Å². The van der Waals surface area contributed by atoms with Crippen LogP contribution in [-0.2, 0) is 24.2 Å². The molecule has 29 heavy (non-hydrogen) atoms. The number of benzene rings is 1. The lowest BCUT2D eigenvalue weighted by atomic mass is 9.72. The highest BCUT2D eigenvalue weighted by molar-refractivity contribution is 6.47. The van der Waals surface area contributed by atoms with E-state index in [9.17, 15) is 19.7 Å². The third-order valence-electron chi connectivity index (χ3n) is 4.52. The number of para-hydroxylation sites is 1. The van der Waals surface area contributed by atoms with E-state index in [2.05, 4.69) is 34.8 Å². The smallest absolute Gasteiger partial charge is 0.534 e. The van der Waals surface area contributed by atoms with Crippen molar-refractivity contribution in [2.75, 3.05) is 6.54 Å². The molecular formula is C18H24BN5O5. The van der Waals surface area contributed by atoms with Gasteiger partial charge in [0.05, 0.1) is 17.2 Å². The minimum Gasteiger partial charge on any atom is -0.534 e. The molecule has 154 valence electrons. The highest BCUT2D eigenvalue weighted by Crippen LogP contribution is 2.30. The molecule has 0 saturated heterocycles. The van der Waals surface area contributed by atoms with E-state index in [-0.39, 0.29) is 30.2 Å². The Balaban J connectivity index is 1.57. The fourth-order valence-corrected chi connectivity index (χ4v) is 3.13. The predicted molar refractivity (Wildman–Crippen MR) is 105 cm³/mol. The summed E-state index contributed by atoms with van der Waals surface area (Å²) in [6, 6.07) is 5.11. The van der Waals surface area contributed by atoms with E-state index in [0.717, 1.165) is 12.2 Å². The molecule has 0 radical (unpaired) electrons. The minimum absolute atomic E-state index is 0.0200. The van der Waals surface area contributed by atoms with Gasteiger partial charge in [-0.15, -0.1) is 5.10 Å². The topological polar surface area (TPSA) is 139 Å². The molecule has 0 spiro atoms. The van der Waals surface area contributed by atoms with Crippen LogP contribution in [0.2, 0.25) is 0 Å². The standard InChI is InChI=1S/C18H24BN5O5/c1-11(2)20-7-6-13-9-24(23-22-13)10-16(25)21-15-8-12-4-3-5-14(18(26)27)17(12)29-19(15)28/h3-5,9,11,15,20,28H,6-8,10H2,1-2H3,(H,21,25)(H,26,27)/t15-/m0/s1. The van der Waals surface area contributed by atoms with Crippen molar-refractivity contribution in [3.8, 4) is 5.75 Å². The van der Waals surface area contributed by atoms with Crippen LogP contribution in [0.15, 0.2) is 24.4 Å². The van der Waals surface area contributed by atoms with Crippen molar-refractivity contribution in [2.24, 2.45) is 0 Å². The molecule has 0 saturated carbocycles. The number of carbonyl (C=O) groups is 2. The second kappa shape index (κ2) is 9.06. The molecule has 0 aliphatic carbocycles. The maximum atomic E-state index is 12.4. The summed E-state index contributed by atoms with van der Waals surface area (Å²) >= 11 is 0. The number of carbonyl (C=O) groups excluding carboxylic acids is 1. The number of aromatic carboxylic acids is 1. The monoisotopic (exact) mass is 401 g/mol. The Morgan fingerprint density at radius 2 is 2.21 bits per heavy atom. The van der Waals surface area contributed by atoms with Crippen molar-refractivity contribution in [2.45, 2.75) is 45.2 Å². The van der Waals surface area contributed by atoms with Gasteiger partial charge >= 0.3 is 13.1 Å². The molecule has 1 aliphatic heterocycles. The normalized spacial score (nSPS) is 15.7. The van der Waals surface area contributed by atoms with E-state index in [0.29, 0.717) is 18.0 Å². The molecule has 2 heterocycles. The molecule has 1 amide bonds. The first-order valence-corrected chi connectivity index (χ1v) is 9.45. The minimum atomic E-state index is -1.35. The Bertz CT molecular complexity index is 887. The highest BCUT2D eigenvalue weighted by atomic mass is 16.5. The van der Waals surface area contributed by atoms with E-state index in [4.69, 9.17) is 4.65 Å². The number of fused-ring (bicyclic) bond motifs is 1. The van der Waals surface area contributed by atoms with Crippen LogP contribution < -0.4 is 15.3 Å². The van der Waals surface area contributed by atoms with E-state index >= 15 is 0 Å². The van der Waals surface area contributed by atoms with Crippen LogP contribution in [0.25, 0.3) is 0 Å². The van der Waals surface area contributed by atoms with Gasteiger partial charge in [-0.05, 0) is 18.1 Å². The lowest BCUT2D eigenvalue weighted by Gasteiger charge is -2.28. The van der Waals surface area contributed by atoms with E-state index in [1.165, 1.54) is 10.7 Å². The Morgan fingerprint density at radius 3 is 2.93 bits per heavy atom. The fraction of sp³-hybridized carbons (Fsp3) is 0.444. The van der Waals surface area contributed by atoms with Crippen LogP contribution in [0.4, 0.5) is 0 Å². The molecule has 11 heteroatoms. The zero-order valence-electron chi connectivity index (χ0n) is 16.3. The second-order valence-electron chi connectivity index (χ2n) is 7.25. The zero-order chi connectivity index (χ0) is 21.0. The summed E-state index contributed by atoms with van der Waals surface area (Å²) in [5, 5.41) is 33.4. The second-order valence-corrected chi connectivity index (χ2v) is 7.25. The summed E-state index contributed by atoms with van der Waals surface area (Å²) < 4.78 is 6.81. The molecular weight excluding hydrogens is 377 g/mol. The van der Waals surface area contributed by atoms with Crippen LogP contribution in [0.5, 0.6) is 5.75 Å². The molecule has 1 aromatic carbocycles. The average Bonchev–Trinajstić information content (AvgIpc) is 3.08. The van der Waals surface area contributed by atoms with Crippen molar-refractivity contribution in [1.82, 2.24) is 25.6 Å². The molecule has 0 fully saturated rings. The maximum Gasteiger partial charge on any atom is 0.547 e. The number of rotatable bonds is 8. The number of carboxylic acids is 1. The Kier molecular flexibility index (Phi) is 6.50. The van der Waals surface area contributed by atoms with Crippen molar-refractivity contribution < 1.29 is 24.4 Å². The van der Waals surface area contributed by atoms with E-state index in [1.807, 2.05) is 0 Å². The molecule has 1 aromatic heterocycles. The number of nitrogens with zero attached hydrogens (tertiary/aromatic N) is 3.